The van der Waals surface area contributed by atoms with Crippen LogP contribution in [-0.2, 0) is 6.54 Å². The maximum absolute atomic E-state index is 9.07. The summed E-state index contributed by atoms with van der Waals surface area (Å²) in [6, 6.07) is 21.5. The molecule has 2 N–H and O–H groups in total. The summed E-state index contributed by atoms with van der Waals surface area (Å²) in [7, 11) is 8.19. The molecule has 0 saturated carbocycles. The van der Waals surface area contributed by atoms with Gasteiger partial charge in [-0.3, -0.25) is 0 Å². The molecule has 2 heterocycles. The Morgan fingerprint density at radius 2 is 1.25 bits per heavy atom. The predicted octanol–water partition coefficient (Wildman–Crippen LogP) is 5.85. The summed E-state index contributed by atoms with van der Waals surface area (Å²) in [5.41, 5.74) is 7.16. The molecule has 0 saturated heterocycles. The molecule has 4 rings (SSSR count). The van der Waals surface area contributed by atoms with Crippen molar-refractivity contribution in [2.45, 2.75) is 6.54 Å². The molecule has 0 spiro atoms. The number of pyridine rings is 1. The van der Waals surface area contributed by atoms with E-state index in [4.69, 9.17) is 10.2 Å². The minimum absolute atomic E-state index is 0.150. The zero-order valence-electron chi connectivity index (χ0n) is 25.8. The van der Waals surface area contributed by atoms with Crippen molar-refractivity contribution in [3.8, 4) is 0 Å². The largest absolute Gasteiger partial charge is 0.395 e. The smallest absolute Gasteiger partial charge is 0.171 e. The lowest BCUT2D eigenvalue weighted by molar-refractivity contribution is -0.698. The molecule has 0 atom stereocenters. The van der Waals surface area contributed by atoms with Crippen molar-refractivity contribution < 1.29 is 14.8 Å². The van der Waals surface area contributed by atoms with E-state index >= 15 is 0 Å². The molecule has 0 unspecified atom stereocenters. The van der Waals surface area contributed by atoms with Crippen LogP contribution in [0.4, 0.5) is 11.4 Å². The number of aromatic nitrogens is 1. The molecule has 1 aromatic heterocycles. The number of hydrogen-bond donors (Lipinski definition) is 2. The van der Waals surface area contributed by atoms with Gasteiger partial charge in [-0.1, -0.05) is 76.2 Å². The molecule has 44 heavy (non-hydrogen) atoms. The molecule has 8 heteroatoms. The summed E-state index contributed by atoms with van der Waals surface area (Å²) in [5.74, 6) is 2.15. The molecule has 0 fully saturated rings. The molecule has 1 aliphatic rings. The normalized spacial score (nSPS) is 13.2. The first-order chi connectivity index (χ1) is 21.5. The van der Waals surface area contributed by atoms with Gasteiger partial charge in [0.15, 0.2) is 18.9 Å². The monoisotopic (exact) mass is 629 g/mol. The molecular weight excluding hydrogens is 585 g/mol. The third kappa shape index (κ3) is 11.2. The van der Waals surface area contributed by atoms with Gasteiger partial charge in [-0.25, -0.2) is 4.57 Å². The van der Waals surface area contributed by atoms with Crippen LogP contribution in [-0.4, -0.2) is 80.1 Å². The van der Waals surface area contributed by atoms with Gasteiger partial charge in [-0.2, -0.15) is 0 Å². The summed E-state index contributed by atoms with van der Waals surface area (Å²) in [4.78, 5) is 6.73. The van der Waals surface area contributed by atoms with Crippen LogP contribution in [0, 0.1) is 0 Å². The van der Waals surface area contributed by atoms with Gasteiger partial charge in [-0.05, 0) is 52.6 Å². The Bertz CT molecular complexity index is 1390. The van der Waals surface area contributed by atoms with E-state index in [1.807, 2.05) is 44.7 Å². The van der Waals surface area contributed by atoms with Crippen LogP contribution in [0.2, 0.25) is 0 Å². The van der Waals surface area contributed by atoms with Crippen LogP contribution >= 0.6 is 21.6 Å². The lowest BCUT2D eigenvalue weighted by Gasteiger charge is -2.20. The summed E-state index contributed by atoms with van der Waals surface area (Å²) in [5, 5.41) is 18.1. The van der Waals surface area contributed by atoms with Crippen molar-refractivity contribution in [2.24, 2.45) is 0 Å². The number of aliphatic hydroxyl groups is 2. The van der Waals surface area contributed by atoms with Crippen molar-refractivity contribution in [1.82, 2.24) is 4.90 Å². The minimum atomic E-state index is 0.150. The van der Waals surface area contributed by atoms with Crippen LogP contribution in [0.5, 0.6) is 0 Å². The zero-order chi connectivity index (χ0) is 31.0. The first-order valence-corrected chi connectivity index (χ1v) is 17.6. The predicted molar refractivity (Wildman–Crippen MR) is 192 cm³/mol. The second kappa shape index (κ2) is 18.4. The molecule has 1 aliphatic heterocycles. The average Bonchev–Trinajstić information content (AvgIpc) is 3.06. The fourth-order valence-corrected chi connectivity index (χ4v) is 6.68. The standard InChI is InChI=1S/C36H45N4O2S2/c1-37(35-11-7-31(8-12-35)3-5-33-15-19-39(20-16-33)23-27-41)25-29-43-44-30-26-38(2)36-13-9-32(10-14-36)4-6-34-17-21-40(22-18-34)24-28-42/h3-21,41-42H,22-30H2,1-2H3/q+1/b6-4+. The van der Waals surface area contributed by atoms with E-state index in [9.17, 15) is 0 Å². The number of aliphatic hydroxyl groups excluding tert-OH is 2. The van der Waals surface area contributed by atoms with E-state index in [-0.39, 0.29) is 13.2 Å². The molecule has 0 aliphatic carbocycles. The molecular formula is C36H45N4O2S2+. The highest BCUT2D eigenvalue weighted by atomic mass is 33.1. The number of anilines is 2. The van der Waals surface area contributed by atoms with Crippen LogP contribution in [0.1, 0.15) is 16.7 Å². The third-order valence-corrected chi connectivity index (χ3v) is 9.77. The quantitative estimate of drug-likeness (QED) is 0.110. The fraction of sp³-hybridized carbons (Fsp3) is 0.306. The Labute approximate surface area is 271 Å². The minimum Gasteiger partial charge on any atom is -0.395 e. The van der Waals surface area contributed by atoms with E-state index in [0.717, 1.165) is 36.7 Å². The molecule has 6 nitrogen and oxygen atoms in total. The van der Waals surface area contributed by atoms with Crippen LogP contribution in [0.25, 0.3) is 18.2 Å². The molecule has 0 amide bonds. The highest BCUT2D eigenvalue weighted by Crippen LogP contribution is 2.24. The van der Waals surface area contributed by atoms with E-state index in [0.29, 0.717) is 13.1 Å². The lowest BCUT2D eigenvalue weighted by atomic mass is 10.1. The van der Waals surface area contributed by atoms with Gasteiger partial charge in [0, 0.05) is 81.5 Å². The van der Waals surface area contributed by atoms with Crippen molar-refractivity contribution in [1.29, 1.82) is 0 Å². The molecule has 2 aromatic carbocycles. The Morgan fingerprint density at radius 1 is 0.727 bits per heavy atom. The zero-order valence-corrected chi connectivity index (χ0v) is 27.5. The van der Waals surface area contributed by atoms with Gasteiger partial charge >= 0.3 is 0 Å². The van der Waals surface area contributed by atoms with Crippen LogP contribution in [0.15, 0.2) is 103 Å². The second-order valence-electron chi connectivity index (χ2n) is 10.7. The van der Waals surface area contributed by atoms with Gasteiger partial charge in [0.1, 0.15) is 6.61 Å². The number of β-amino-alcohol motifs (C(OH)–C–C–N with tert-alkyl or cyclic N) is 1. The summed E-state index contributed by atoms with van der Waals surface area (Å²) < 4.78 is 1.97. The Hall–Kier alpha value is -3.43. The first kappa shape index (κ1) is 33.5. The number of nitrogens with zero attached hydrogens (tertiary/aromatic N) is 4. The number of hydrogen-bond acceptors (Lipinski definition) is 7. The summed E-state index contributed by atoms with van der Waals surface area (Å²) in [6.45, 7) is 4.47. The highest BCUT2D eigenvalue weighted by molar-refractivity contribution is 8.76. The topological polar surface area (TPSA) is 54.1 Å². The Kier molecular flexibility index (Phi) is 14.0. The van der Waals surface area contributed by atoms with Crippen LogP contribution < -0.4 is 14.4 Å². The van der Waals surface area contributed by atoms with Crippen molar-refractivity contribution in [3.63, 3.8) is 0 Å². The summed E-state index contributed by atoms with van der Waals surface area (Å²) in [6.07, 6.45) is 18.8. The summed E-state index contributed by atoms with van der Waals surface area (Å²) >= 11 is 0. The van der Waals surface area contributed by atoms with Crippen molar-refractivity contribution >= 4 is 51.2 Å². The maximum atomic E-state index is 9.07. The van der Waals surface area contributed by atoms with Crippen molar-refractivity contribution in [3.05, 3.63) is 120 Å². The average molecular weight is 630 g/mol. The highest BCUT2D eigenvalue weighted by Gasteiger charge is 2.05. The van der Waals surface area contributed by atoms with Gasteiger partial charge in [0.25, 0.3) is 0 Å². The van der Waals surface area contributed by atoms with Gasteiger partial charge in [-0.15, -0.1) is 0 Å². The van der Waals surface area contributed by atoms with E-state index in [1.165, 1.54) is 28.1 Å². The number of benzene rings is 2. The lowest BCUT2D eigenvalue weighted by Crippen LogP contribution is -2.34. The Balaban J connectivity index is 1.10. The van der Waals surface area contributed by atoms with Crippen LogP contribution in [0.3, 0.4) is 0 Å². The molecule has 0 bridgehead atoms. The number of allylic oxidation sites excluding steroid dienone is 3. The SMILES string of the molecule is CN(CCSSCCN(C)c1ccc(/C=C/c2cc[n+](CCO)cc2)cc1)c1ccc(/C=C/C2=CCN(CCO)C=C2)cc1. The molecule has 0 radical (unpaired) electrons. The number of rotatable bonds is 17. The third-order valence-electron chi connectivity index (χ3n) is 7.41. The van der Waals surface area contributed by atoms with E-state index in [2.05, 4.69) is 126 Å². The maximum Gasteiger partial charge on any atom is 0.171 e. The fourth-order valence-electron chi connectivity index (χ4n) is 4.59. The van der Waals surface area contributed by atoms with Gasteiger partial charge < -0.3 is 24.9 Å². The van der Waals surface area contributed by atoms with E-state index < -0.39 is 0 Å². The second-order valence-corrected chi connectivity index (χ2v) is 13.4. The molecule has 232 valence electrons. The van der Waals surface area contributed by atoms with E-state index in [1.54, 1.807) is 0 Å². The van der Waals surface area contributed by atoms with Crippen molar-refractivity contribution in [2.75, 3.05) is 74.8 Å². The molecule has 3 aromatic rings. The Morgan fingerprint density at radius 3 is 1.73 bits per heavy atom. The van der Waals surface area contributed by atoms with Gasteiger partial charge in [0.05, 0.1) is 6.61 Å². The first-order valence-electron chi connectivity index (χ1n) is 15.1. The van der Waals surface area contributed by atoms with Gasteiger partial charge in [0.2, 0.25) is 0 Å².